The van der Waals surface area contributed by atoms with Gasteiger partial charge in [-0.1, -0.05) is 78.9 Å². The Labute approximate surface area is 396 Å². The zero-order chi connectivity index (χ0) is 50.1. The van der Waals surface area contributed by atoms with Crippen molar-refractivity contribution in [1.29, 1.82) is 0 Å². The van der Waals surface area contributed by atoms with E-state index in [4.69, 9.17) is 28.1 Å². The summed E-state index contributed by atoms with van der Waals surface area (Å²) in [4.78, 5) is 0. The van der Waals surface area contributed by atoms with Crippen LogP contribution in [0.25, 0.3) is 0 Å². The van der Waals surface area contributed by atoms with Gasteiger partial charge < -0.3 is 4.52 Å². The number of likely N-dealkylation sites (N-methyl/N-ethyl adjacent to an activating group) is 5. The molecule has 0 aliphatic carbocycles. The summed E-state index contributed by atoms with van der Waals surface area (Å²) in [5.74, 6) is 0. The SMILES string of the molecule is C[C@@H]([C@H](OP1(=S)N(C)[C@@H](c2cccc(C(F)(F)F)c2)[C@H](c2cccc(C(F)(F)F)c2)N1C)c1ccccc1)N(C)P1(=S)N(C)[C@@H](c2cccc(C(F)(F)F)c2)[C@H](c2cccc(C(F)(F)F)c2)N1C. The Hall–Kier alpha value is -3.68. The molecule has 2 aliphatic heterocycles. The second kappa shape index (κ2) is 18.8. The molecule has 5 aromatic rings. The zero-order valence-corrected chi connectivity index (χ0v) is 40.4. The van der Waals surface area contributed by atoms with E-state index in [1.807, 2.05) is 0 Å². The van der Waals surface area contributed by atoms with Gasteiger partial charge in [-0.25, -0.2) is 23.4 Å². The van der Waals surface area contributed by atoms with E-state index in [-0.39, 0.29) is 22.3 Å². The summed E-state index contributed by atoms with van der Waals surface area (Å²) < 4.78 is 186. The van der Waals surface area contributed by atoms with Crippen molar-refractivity contribution in [1.82, 2.24) is 23.4 Å². The van der Waals surface area contributed by atoms with E-state index in [0.717, 1.165) is 48.5 Å². The van der Waals surface area contributed by atoms with Crippen LogP contribution in [0.2, 0.25) is 0 Å². The molecule has 2 heterocycles. The average Bonchev–Trinajstić information content (AvgIpc) is 3.61. The second-order valence-electron chi connectivity index (χ2n) is 16.8. The number of alkyl halides is 12. The summed E-state index contributed by atoms with van der Waals surface area (Å²) in [6.07, 6.45) is -20.1. The minimum Gasteiger partial charge on any atom is -0.317 e. The molecule has 0 aromatic heterocycles. The summed E-state index contributed by atoms with van der Waals surface area (Å²) in [7, 11) is 7.98. The van der Waals surface area contributed by atoms with Crippen LogP contribution in [0.1, 0.15) is 87.3 Å². The number of hydrogen-bond donors (Lipinski definition) is 0. The van der Waals surface area contributed by atoms with Crippen molar-refractivity contribution in [3.05, 3.63) is 177 Å². The van der Waals surface area contributed by atoms with Gasteiger partial charge in [-0.2, -0.15) is 52.7 Å². The highest BCUT2D eigenvalue weighted by atomic mass is 32.5. The van der Waals surface area contributed by atoms with Crippen LogP contribution in [0.3, 0.4) is 0 Å². The first kappa shape index (κ1) is 52.2. The molecule has 0 amide bonds. The monoisotopic (exact) mass is 1040 g/mol. The van der Waals surface area contributed by atoms with Gasteiger partial charge >= 0.3 is 24.7 Å². The van der Waals surface area contributed by atoms with Crippen LogP contribution in [-0.4, -0.2) is 64.6 Å². The molecule has 6 atom stereocenters. The van der Waals surface area contributed by atoms with Crippen molar-refractivity contribution in [2.75, 3.05) is 35.2 Å². The third-order valence-electron chi connectivity index (χ3n) is 12.9. The fourth-order valence-electron chi connectivity index (χ4n) is 9.33. The minimum atomic E-state index is -4.76. The molecule has 2 saturated heterocycles. The number of nitrogens with zero attached hydrogens (tertiary/aromatic N) is 5. The predicted octanol–water partition coefficient (Wildman–Crippen LogP) is 14.3. The van der Waals surface area contributed by atoms with Gasteiger partial charge in [0, 0.05) is 6.04 Å². The van der Waals surface area contributed by atoms with Gasteiger partial charge in [0.2, 0.25) is 6.57 Å². The van der Waals surface area contributed by atoms with E-state index in [2.05, 4.69) is 0 Å². The normalized spacial score (nSPS) is 23.0. The van der Waals surface area contributed by atoms with Gasteiger partial charge in [-0.05, 0) is 142 Å². The molecule has 7 rings (SSSR count). The zero-order valence-electron chi connectivity index (χ0n) is 37.0. The van der Waals surface area contributed by atoms with Crippen LogP contribution in [0.15, 0.2) is 127 Å². The summed E-state index contributed by atoms with van der Waals surface area (Å²) in [5, 5.41) is 0. The minimum absolute atomic E-state index is 0.110. The standard InChI is InChI=1S/C46H45F12N5OP2S2/c1-28(59(2)65(67)60(3)38(30-16-10-20-34(24-30)43(47,48)49)39(61(65)4)31-17-11-21-35(25-31)44(50,51)52)42(29-14-8-7-9-15-29)64-66(68)62(5)40(32-18-12-22-36(26-32)45(53,54)55)41(63(66)6)33-19-13-23-37(27-33)46(56,57)58/h7-28,38-42H,1-6H3/t28-,38-,39-,40-,41-,42-/m0/s1. The third kappa shape index (κ3) is 9.71. The van der Waals surface area contributed by atoms with Crippen LogP contribution < -0.4 is 0 Å². The summed E-state index contributed by atoms with van der Waals surface area (Å²) in [6, 6.07) is 21.7. The first-order chi connectivity index (χ1) is 31.5. The Bertz CT molecular complexity index is 2580. The highest BCUT2D eigenvalue weighted by molar-refractivity contribution is 8.11. The molecule has 0 N–H and O–H groups in total. The van der Waals surface area contributed by atoms with Crippen molar-refractivity contribution in [2.45, 2.75) is 67.9 Å². The highest BCUT2D eigenvalue weighted by Crippen LogP contribution is 2.73. The molecular weight excluding hydrogens is 993 g/mol. The Morgan fingerprint density at radius 3 is 1.06 bits per heavy atom. The topological polar surface area (TPSA) is 25.4 Å². The van der Waals surface area contributed by atoms with Gasteiger partial charge in [0.05, 0.1) is 46.4 Å². The van der Waals surface area contributed by atoms with Crippen molar-refractivity contribution < 1.29 is 57.2 Å². The summed E-state index contributed by atoms with van der Waals surface area (Å²) >= 11 is 13.1. The molecule has 0 radical (unpaired) electrons. The quantitative estimate of drug-likeness (QED) is 0.101. The van der Waals surface area contributed by atoms with Crippen molar-refractivity contribution in [3.63, 3.8) is 0 Å². The van der Waals surface area contributed by atoms with Gasteiger partial charge in [0.15, 0.2) is 0 Å². The van der Waals surface area contributed by atoms with Gasteiger partial charge in [-0.3, -0.25) is 0 Å². The molecule has 2 aliphatic rings. The van der Waals surface area contributed by atoms with Crippen LogP contribution in [0.4, 0.5) is 52.7 Å². The smallest absolute Gasteiger partial charge is 0.317 e. The second-order valence-corrected chi connectivity index (χ2v) is 25.1. The van der Waals surface area contributed by atoms with E-state index in [1.165, 1.54) is 48.5 Å². The van der Waals surface area contributed by atoms with Crippen LogP contribution in [0.5, 0.6) is 0 Å². The number of halogens is 12. The average molecular weight is 1040 g/mol. The Morgan fingerprint density at radius 2 is 0.765 bits per heavy atom. The van der Waals surface area contributed by atoms with E-state index in [9.17, 15) is 52.7 Å². The molecule has 68 heavy (non-hydrogen) atoms. The molecule has 22 heteroatoms. The highest BCUT2D eigenvalue weighted by Gasteiger charge is 2.56. The first-order valence-corrected chi connectivity index (χ1v) is 26.1. The molecule has 2 fully saturated rings. The fourth-order valence-corrected chi connectivity index (χ4v) is 16.9. The first-order valence-electron chi connectivity index (χ1n) is 20.8. The number of hydrogen-bond acceptors (Lipinski definition) is 3. The fraction of sp³-hybridized carbons (Fsp3) is 0.348. The van der Waals surface area contributed by atoms with Gasteiger partial charge in [0.1, 0.15) is 12.6 Å². The molecule has 0 bridgehead atoms. The van der Waals surface area contributed by atoms with Gasteiger partial charge in [-0.15, -0.1) is 0 Å². The number of rotatable bonds is 10. The van der Waals surface area contributed by atoms with Crippen LogP contribution in [0, 0.1) is 0 Å². The molecule has 0 saturated carbocycles. The van der Waals surface area contributed by atoms with Gasteiger partial charge in [0.25, 0.3) is 0 Å². The molecule has 0 spiro atoms. The van der Waals surface area contributed by atoms with E-state index < -0.39 is 96.3 Å². The molecular formula is C46H45F12N5OP2S2. The molecule has 6 nitrogen and oxygen atoms in total. The number of benzene rings is 5. The Balaban J connectivity index is 1.35. The molecule has 0 unspecified atom stereocenters. The molecule has 5 aromatic carbocycles. The maximum absolute atomic E-state index is 14.2. The van der Waals surface area contributed by atoms with Crippen molar-refractivity contribution >= 4 is 36.7 Å². The lowest BCUT2D eigenvalue weighted by Crippen LogP contribution is -2.39. The Morgan fingerprint density at radius 1 is 0.471 bits per heavy atom. The van der Waals surface area contributed by atoms with E-state index in [1.54, 1.807) is 95.8 Å². The van der Waals surface area contributed by atoms with E-state index >= 15 is 0 Å². The maximum atomic E-state index is 14.2. The largest absolute Gasteiger partial charge is 0.416 e. The lowest BCUT2D eigenvalue weighted by Gasteiger charge is -2.45. The lowest BCUT2D eigenvalue weighted by molar-refractivity contribution is -0.138. The maximum Gasteiger partial charge on any atom is 0.416 e. The molecule has 366 valence electrons. The lowest BCUT2D eigenvalue weighted by atomic mass is 9.91. The van der Waals surface area contributed by atoms with Crippen LogP contribution >= 0.6 is 13.1 Å². The predicted molar refractivity (Wildman–Crippen MR) is 244 cm³/mol. The van der Waals surface area contributed by atoms with Crippen LogP contribution in [-0.2, 0) is 52.8 Å². The van der Waals surface area contributed by atoms with Crippen molar-refractivity contribution in [3.8, 4) is 0 Å². The third-order valence-corrected chi connectivity index (χ3v) is 22.9. The van der Waals surface area contributed by atoms with E-state index in [0.29, 0.717) is 5.56 Å². The summed E-state index contributed by atoms with van der Waals surface area (Å²) in [6.45, 7) is -5.42. The summed E-state index contributed by atoms with van der Waals surface area (Å²) in [5.41, 5.74) is -2.84. The van der Waals surface area contributed by atoms with Crippen molar-refractivity contribution in [2.24, 2.45) is 0 Å². The Kier molecular flexibility index (Phi) is 14.4.